The van der Waals surface area contributed by atoms with Crippen molar-refractivity contribution < 1.29 is 9.50 Å². The zero-order chi connectivity index (χ0) is 13.4. The third-order valence-corrected chi connectivity index (χ3v) is 5.52. The predicted molar refractivity (Wildman–Crippen MR) is 77.4 cm³/mol. The highest BCUT2D eigenvalue weighted by Crippen LogP contribution is 2.49. The van der Waals surface area contributed by atoms with Gasteiger partial charge in [0.1, 0.15) is 5.82 Å². The minimum absolute atomic E-state index is 0.244. The third-order valence-electron chi connectivity index (χ3n) is 4.91. The van der Waals surface area contributed by atoms with Gasteiger partial charge in [0.05, 0.1) is 10.6 Å². The minimum atomic E-state index is -0.290. The normalized spacial score (nSPS) is 30.8. The van der Waals surface area contributed by atoms with Gasteiger partial charge in [-0.15, -0.1) is 0 Å². The van der Waals surface area contributed by atoms with Crippen molar-refractivity contribution >= 4 is 15.9 Å². The Morgan fingerprint density at radius 3 is 2.79 bits per heavy atom. The van der Waals surface area contributed by atoms with Crippen LogP contribution in [0.3, 0.4) is 0 Å². The van der Waals surface area contributed by atoms with Crippen LogP contribution in [0.5, 0.6) is 0 Å². The van der Waals surface area contributed by atoms with Gasteiger partial charge < -0.3 is 5.11 Å². The van der Waals surface area contributed by atoms with Crippen LogP contribution in [-0.4, -0.2) is 11.2 Å². The van der Waals surface area contributed by atoms with Crippen LogP contribution in [-0.2, 0) is 6.42 Å². The molecule has 4 unspecified atom stereocenters. The van der Waals surface area contributed by atoms with Gasteiger partial charge in [0.2, 0.25) is 0 Å². The molecule has 0 aliphatic heterocycles. The largest absolute Gasteiger partial charge is 0.393 e. The van der Waals surface area contributed by atoms with Crippen molar-refractivity contribution in [3.05, 3.63) is 34.1 Å². The van der Waals surface area contributed by atoms with E-state index in [9.17, 15) is 9.50 Å². The van der Waals surface area contributed by atoms with E-state index in [1.54, 1.807) is 12.1 Å². The first kappa shape index (κ1) is 13.6. The van der Waals surface area contributed by atoms with Crippen LogP contribution < -0.4 is 0 Å². The SMILES string of the molecule is OC(Cc1ccc(F)c(Br)c1)CC1CC2CCC1C2. The Morgan fingerprint density at radius 1 is 1.32 bits per heavy atom. The number of benzene rings is 1. The summed E-state index contributed by atoms with van der Waals surface area (Å²) in [5, 5.41) is 10.2. The van der Waals surface area contributed by atoms with Crippen LogP contribution in [0.25, 0.3) is 0 Å². The molecule has 4 atom stereocenters. The van der Waals surface area contributed by atoms with Gasteiger partial charge in [0.15, 0.2) is 0 Å². The molecule has 1 aromatic rings. The molecule has 2 aliphatic carbocycles. The number of halogens is 2. The van der Waals surface area contributed by atoms with E-state index in [4.69, 9.17) is 0 Å². The van der Waals surface area contributed by atoms with Crippen LogP contribution in [0.1, 0.15) is 37.7 Å². The van der Waals surface area contributed by atoms with Crippen molar-refractivity contribution in [3.63, 3.8) is 0 Å². The highest BCUT2D eigenvalue weighted by molar-refractivity contribution is 9.10. The van der Waals surface area contributed by atoms with Crippen molar-refractivity contribution in [1.29, 1.82) is 0 Å². The Kier molecular flexibility index (Phi) is 3.95. The van der Waals surface area contributed by atoms with Crippen LogP contribution >= 0.6 is 15.9 Å². The molecular weight excluding hydrogens is 307 g/mol. The Morgan fingerprint density at radius 2 is 2.16 bits per heavy atom. The van der Waals surface area contributed by atoms with Crippen LogP contribution in [0.2, 0.25) is 0 Å². The van der Waals surface area contributed by atoms with Crippen LogP contribution in [0, 0.1) is 23.6 Å². The lowest BCUT2D eigenvalue weighted by atomic mass is 9.84. The zero-order valence-electron chi connectivity index (χ0n) is 11.0. The zero-order valence-corrected chi connectivity index (χ0v) is 12.6. The van der Waals surface area contributed by atoms with E-state index in [0.717, 1.165) is 29.7 Å². The average molecular weight is 327 g/mol. The second-order valence-corrected chi connectivity index (χ2v) is 7.13. The van der Waals surface area contributed by atoms with Gasteiger partial charge in [-0.2, -0.15) is 0 Å². The summed E-state index contributed by atoms with van der Waals surface area (Å²) in [6.07, 6.45) is 6.73. The van der Waals surface area contributed by atoms with Gasteiger partial charge in [-0.25, -0.2) is 4.39 Å². The van der Waals surface area contributed by atoms with Crippen LogP contribution in [0.15, 0.2) is 22.7 Å². The Balaban J connectivity index is 1.56. The Hall–Kier alpha value is -0.410. The van der Waals surface area contributed by atoms with Crippen LogP contribution in [0.4, 0.5) is 4.39 Å². The average Bonchev–Trinajstić information content (AvgIpc) is 2.96. The fourth-order valence-corrected chi connectivity index (χ4v) is 4.46. The molecule has 2 fully saturated rings. The van der Waals surface area contributed by atoms with Crippen molar-refractivity contribution in [1.82, 2.24) is 0 Å². The second-order valence-electron chi connectivity index (χ2n) is 6.28. The number of hydrogen-bond acceptors (Lipinski definition) is 1. The molecule has 1 aromatic carbocycles. The Bertz CT molecular complexity index is 462. The maximum Gasteiger partial charge on any atom is 0.137 e. The summed E-state index contributed by atoms with van der Waals surface area (Å²) >= 11 is 3.19. The molecule has 3 rings (SSSR count). The quantitative estimate of drug-likeness (QED) is 0.873. The summed E-state index contributed by atoms with van der Waals surface area (Å²) < 4.78 is 13.6. The van der Waals surface area contributed by atoms with Crippen molar-refractivity contribution in [2.45, 2.75) is 44.6 Å². The van der Waals surface area contributed by atoms with Crippen molar-refractivity contribution in [2.75, 3.05) is 0 Å². The van der Waals surface area contributed by atoms with Gasteiger partial charge in [0.25, 0.3) is 0 Å². The number of fused-ring (bicyclic) bond motifs is 2. The van der Waals surface area contributed by atoms with Gasteiger partial charge in [-0.3, -0.25) is 0 Å². The third kappa shape index (κ3) is 3.03. The number of aliphatic hydroxyl groups excluding tert-OH is 1. The standard InChI is InChI=1S/C16H20BrFO/c17-15-8-11(2-4-16(15)18)7-14(19)9-13-6-10-1-3-12(13)5-10/h2,4,8,10,12-14,19H,1,3,5-7,9H2. The summed E-state index contributed by atoms with van der Waals surface area (Å²) in [6, 6.07) is 5.01. The minimum Gasteiger partial charge on any atom is -0.393 e. The molecule has 104 valence electrons. The molecule has 1 N–H and O–H groups in total. The van der Waals surface area contributed by atoms with Crippen molar-refractivity contribution in [3.8, 4) is 0 Å². The molecular formula is C16H20BrFO. The van der Waals surface area contributed by atoms with Gasteiger partial charge in [-0.05, 0) is 83.5 Å². The Labute approximate surface area is 122 Å². The van der Waals surface area contributed by atoms with E-state index in [0.29, 0.717) is 10.9 Å². The van der Waals surface area contributed by atoms with E-state index in [1.807, 2.05) is 0 Å². The topological polar surface area (TPSA) is 20.2 Å². The van der Waals surface area contributed by atoms with E-state index in [2.05, 4.69) is 15.9 Å². The van der Waals surface area contributed by atoms with E-state index in [-0.39, 0.29) is 11.9 Å². The first-order chi connectivity index (χ1) is 9.11. The summed E-state index contributed by atoms with van der Waals surface area (Å²) in [4.78, 5) is 0. The summed E-state index contributed by atoms with van der Waals surface area (Å²) in [5.74, 6) is 2.27. The number of rotatable bonds is 4. The number of aliphatic hydroxyl groups is 1. The molecule has 3 heteroatoms. The van der Waals surface area contributed by atoms with E-state index < -0.39 is 0 Å². The smallest absolute Gasteiger partial charge is 0.137 e. The lowest BCUT2D eigenvalue weighted by molar-refractivity contribution is 0.124. The summed E-state index contributed by atoms with van der Waals surface area (Å²) in [6.45, 7) is 0. The molecule has 0 saturated heterocycles. The first-order valence-electron chi connectivity index (χ1n) is 7.24. The molecule has 19 heavy (non-hydrogen) atoms. The fraction of sp³-hybridized carbons (Fsp3) is 0.625. The van der Waals surface area contributed by atoms with E-state index >= 15 is 0 Å². The highest BCUT2D eigenvalue weighted by atomic mass is 79.9. The number of hydrogen-bond donors (Lipinski definition) is 1. The lowest BCUT2D eigenvalue weighted by Crippen LogP contribution is -2.20. The van der Waals surface area contributed by atoms with Gasteiger partial charge in [-0.1, -0.05) is 12.5 Å². The second kappa shape index (κ2) is 5.53. The predicted octanol–water partition coefficient (Wildman–Crippen LogP) is 4.32. The molecule has 0 amide bonds. The van der Waals surface area contributed by atoms with Crippen molar-refractivity contribution in [2.24, 2.45) is 17.8 Å². The summed E-state index contributed by atoms with van der Waals surface area (Å²) in [5.41, 5.74) is 1.00. The maximum absolute atomic E-state index is 13.2. The molecule has 2 aliphatic rings. The molecule has 0 spiro atoms. The molecule has 2 saturated carbocycles. The molecule has 0 aromatic heterocycles. The first-order valence-corrected chi connectivity index (χ1v) is 8.03. The lowest BCUT2D eigenvalue weighted by Gasteiger charge is -2.24. The summed E-state index contributed by atoms with van der Waals surface area (Å²) in [7, 11) is 0. The highest BCUT2D eigenvalue weighted by Gasteiger charge is 2.39. The van der Waals surface area contributed by atoms with E-state index in [1.165, 1.54) is 31.7 Å². The van der Waals surface area contributed by atoms with Gasteiger partial charge in [0, 0.05) is 0 Å². The monoisotopic (exact) mass is 326 g/mol. The maximum atomic E-state index is 13.2. The molecule has 0 heterocycles. The molecule has 0 radical (unpaired) electrons. The molecule has 2 bridgehead atoms. The molecule has 1 nitrogen and oxygen atoms in total. The fourth-order valence-electron chi connectivity index (χ4n) is 4.04. The van der Waals surface area contributed by atoms with Gasteiger partial charge >= 0.3 is 0 Å².